The third-order valence-corrected chi connectivity index (χ3v) is 7.94. The first kappa shape index (κ1) is 27.2. The minimum Gasteiger partial charge on any atom is -0.353 e. The lowest BCUT2D eigenvalue weighted by molar-refractivity contribution is -0.121. The first-order valence-corrected chi connectivity index (χ1v) is 14.5. The lowest BCUT2D eigenvalue weighted by Gasteiger charge is -2.25. The Morgan fingerprint density at radius 1 is 1.15 bits per heavy atom. The third kappa shape index (κ3) is 10.1. The van der Waals surface area contributed by atoms with Crippen molar-refractivity contribution in [2.45, 2.75) is 96.4 Å². The van der Waals surface area contributed by atoms with Gasteiger partial charge in [0.05, 0.1) is 15.2 Å². The predicted molar refractivity (Wildman–Crippen MR) is 147 cm³/mol. The van der Waals surface area contributed by atoms with Crippen LogP contribution in [0.25, 0.3) is 10.2 Å². The second-order valence-corrected chi connectivity index (χ2v) is 11.2. The van der Waals surface area contributed by atoms with Crippen molar-refractivity contribution in [3.05, 3.63) is 40.4 Å². The number of nitrogens with zero attached hydrogens (tertiary/aromatic N) is 2. The highest BCUT2D eigenvalue weighted by molar-refractivity contribution is 7.18. The number of unbranched alkanes of at least 4 members (excludes halogenated alkanes) is 5. The molecule has 3 rings (SSSR count). The molecule has 0 radical (unpaired) electrons. The Labute approximate surface area is 215 Å². The van der Waals surface area contributed by atoms with Crippen LogP contribution in [-0.2, 0) is 11.2 Å². The summed E-state index contributed by atoms with van der Waals surface area (Å²) < 4.78 is 1.09. The van der Waals surface area contributed by atoms with Crippen molar-refractivity contribution in [1.82, 2.24) is 15.2 Å². The summed E-state index contributed by atoms with van der Waals surface area (Å²) >= 11 is 7.73. The number of rotatable bonds is 15. The van der Waals surface area contributed by atoms with E-state index in [1.165, 1.54) is 70.9 Å². The number of nitrogens with one attached hydrogen (secondary N) is 1. The summed E-state index contributed by atoms with van der Waals surface area (Å²) in [5.41, 5.74) is 0.963. The van der Waals surface area contributed by atoms with Gasteiger partial charge in [-0.3, -0.25) is 9.69 Å². The van der Waals surface area contributed by atoms with Crippen LogP contribution in [0.4, 0.5) is 0 Å². The van der Waals surface area contributed by atoms with E-state index in [1.807, 2.05) is 18.2 Å². The van der Waals surface area contributed by atoms with Gasteiger partial charge in [0.15, 0.2) is 0 Å². The number of aryl methyl sites for hydroxylation is 1. The monoisotopic (exact) mass is 503 g/mol. The molecule has 1 aliphatic rings. The number of carbonyl (C=O) groups is 1. The van der Waals surface area contributed by atoms with Crippen LogP contribution in [0.5, 0.6) is 0 Å². The molecule has 1 aliphatic heterocycles. The summed E-state index contributed by atoms with van der Waals surface area (Å²) in [7, 11) is 0. The standard InChI is InChI=1S/C28H42ClN3OS/c1-2-3-4-5-6-8-13-24(14-9-12-21-32-19-10-7-11-20-32)30-27(33)17-18-28-31-25-16-15-23(29)22-26(25)34-28/h9,12,15-16,22,24H,2-8,10-11,13-14,17-21H2,1H3,(H,30,33)/b12-9+. The van der Waals surface area contributed by atoms with Crippen molar-refractivity contribution in [3.63, 3.8) is 0 Å². The van der Waals surface area contributed by atoms with Gasteiger partial charge in [0.2, 0.25) is 5.91 Å². The summed E-state index contributed by atoms with van der Waals surface area (Å²) in [6.07, 6.45) is 19.5. The molecule has 1 saturated heterocycles. The van der Waals surface area contributed by atoms with Crippen LogP contribution in [-0.4, -0.2) is 41.5 Å². The predicted octanol–water partition coefficient (Wildman–Crippen LogP) is 7.55. The Hall–Kier alpha value is -1.43. The summed E-state index contributed by atoms with van der Waals surface area (Å²) in [5.74, 6) is 0.137. The van der Waals surface area contributed by atoms with E-state index in [0.717, 1.165) is 39.6 Å². The number of halogens is 1. The topological polar surface area (TPSA) is 45.2 Å². The maximum Gasteiger partial charge on any atom is 0.220 e. The number of amides is 1. The van der Waals surface area contributed by atoms with E-state index in [0.29, 0.717) is 12.8 Å². The van der Waals surface area contributed by atoms with Gasteiger partial charge in [-0.15, -0.1) is 11.3 Å². The van der Waals surface area contributed by atoms with Crippen molar-refractivity contribution < 1.29 is 4.79 Å². The van der Waals surface area contributed by atoms with Gasteiger partial charge in [0.25, 0.3) is 0 Å². The number of hydrogen-bond acceptors (Lipinski definition) is 4. The molecular formula is C28H42ClN3OS. The number of hydrogen-bond donors (Lipinski definition) is 1. The van der Waals surface area contributed by atoms with Crippen molar-refractivity contribution in [1.29, 1.82) is 0 Å². The van der Waals surface area contributed by atoms with Crippen molar-refractivity contribution in [2.75, 3.05) is 19.6 Å². The second-order valence-electron chi connectivity index (χ2n) is 9.61. The fourth-order valence-electron chi connectivity index (χ4n) is 4.62. The molecule has 1 fully saturated rings. The van der Waals surface area contributed by atoms with Gasteiger partial charge in [-0.05, 0) is 57.0 Å². The average Bonchev–Trinajstić information content (AvgIpc) is 3.25. The van der Waals surface area contributed by atoms with E-state index >= 15 is 0 Å². The van der Waals surface area contributed by atoms with E-state index in [2.05, 4.69) is 34.3 Å². The molecule has 4 nitrogen and oxygen atoms in total. The molecule has 1 atom stereocenters. The van der Waals surface area contributed by atoms with Crippen molar-refractivity contribution in [2.24, 2.45) is 0 Å². The fraction of sp³-hybridized carbons (Fsp3) is 0.643. The largest absolute Gasteiger partial charge is 0.353 e. The normalized spacial score (nSPS) is 15.8. The molecule has 6 heteroatoms. The Morgan fingerprint density at radius 3 is 2.76 bits per heavy atom. The number of aromatic nitrogens is 1. The molecule has 1 aromatic heterocycles. The summed E-state index contributed by atoms with van der Waals surface area (Å²) in [4.78, 5) is 20.0. The van der Waals surface area contributed by atoms with E-state index in [4.69, 9.17) is 11.6 Å². The molecule has 188 valence electrons. The van der Waals surface area contributed by atoms with Crippen LogP contribution in [0.15, 0.2) is 30.4 Å². The van der Waals surface area contributed by atoms with Crippen molar-refractivity contribution in [3.8, 4) is 0 Å². The van der Waals surface area contributed by atoms with E-state index in [9.17, 15) is 4.79 Å². The van der Waals surface area contributed by atoms with E-state index in [1.54, 1.807) is 11.3 Å². The van der Waals surface area contributed by atoms with Gasteiger partial charge in [-0.1, -0.05) is 75.6 Å². The lowest BCUT2D eigenvalue weighted by atomic mass is 10.0. The van der Waals surface area contributed by atoms with Crippen LogP contribution in [0.2, 0.25) is 5.02 Å². The van der Waals surface area contributed by atoms with Crippen LogP contribution in [0.1, 0.15) is 89.0 Å². The van der Waals surface area contributed by atoms with Gasteiger partial charge in [0, 0.05) is 30.5 Å². The molecule has 2 aromatic rings. The number of likely N-dealkylation sites (tertiary alicyclic amines) is 1. The smallest absolute Gasteiger partial charge is 0.220 e. The molecular weight excluding hydrogens is 462 g/mol. The van der Waals surface area contributed by atoms with Crippen LogP contribution >= 0.6 is 22.9 Å². The SMILES string of the molecule is CCCCCCCCC(C/C=C/CN1CCCCC1)NC(=O)CCc1nc2ccc(Cl)cc2s1. The molecule has 2 heterocycles. The first-order chi connectivity index (χ1) is 16.6. The summed E-state index contributed by atoms with van der Waals surface area (Å²) in [6, 6.07) is 5.99. The number of thiazole rings is 1. The lowest BCUT2D eigenvalue weighted by Crippen LogP contribution is -2.34. The van der Waals surface area contributed by atoms with Gasteiger partial charge < -0.3 is 5.32 Å². The highest BCUT2D eigenvalue weighted by atomic mass is 35.5. The number of benzene rings is 1. The van der Waals surface area contributed by atoms with Crippen molar-refractivity contribution >= 4 is 39.1 Å². The minimum absolute atomic E-state index is 0.137. The Balaban J connectivity index is 1.44. The molecule has 1 N–H and O–H groups in total. The molecule has 34 heavy (non-hydrogen) atoms. The number of carbonyl (C=O) groups excluding carboxylic acids is 1. The number of fused-ring (bicyclic) bond motifs is 1. The van der Waals surface area contributed by atoms with Crippen LogP contribution in [0.3, 0.4) is 0 Å². The zero-order chi connectivity index (χ0) is 24.0. The molecule has 0 spiro atoms. The van der Waals surface area contributed by atoms with Crippen LogP contribution in [0, 0.1) is 0 Å². The van der Waals surface area contributed by atoms with Gasteiger partial charge in [-0.25, -0.2) is 4.98 Å². The fourth-order valence-corrected chi connectivity index (χ4v) is 5.86. The summed E-state index contributed by atoms with van der Waals surface area (Å²) in [6.45, 7) is 5.74. The Kier molecular flexibility index (Phi) is 12.4. The molecule has 1 amide bonds. The van der Waals surface area contributed by atoms with Crippen LogP contribution < -0.4 is 5.32 Å². The zero-order valence-corrected chi connectivity index (χ0v) is 22.4. The Bertz CT molecular complexity index is 891. The third-order valence-electron chi connectivity index (χ3n) is 6.63. The maximum absolute atomic E-state index is 12.8. The maximum atomic E-state index is 12.8. The van der Waals surface area contributed by atoms with E-state index < -0.39 is 0 Å². The molecule has 0 aliphatic carbocycles. The highest BCUT2D eigenvalue weighted by Gasteiger charge is 2.13. The highest BCUT2D eigenvalue weighted by Crippen LogP contribution is 2.26. The zero-order valence-electron chi connectivity index (χ0n) is 20.9. The van der Waals surface area contributed by atoms with E-state index in [-0.39, 0.29) is 11.9 Å². The first-order valence-electron chi connectivity index (χ1n) is 13.4. The Morgan fingerprint density at radius 2 is 1.94 bits per heavy atom. The van der Waals surface area contributed by atoms with Gasteiger partial charge in [-0.2, -0.15) is 0 Å². The molecule has 0 bridgehead atoms. The van der Waals surface area contributed by atoms with Gasteiger partial charge >= 0.3 is 0 Å². The minimum atomic E-state index is 0.137. The van der Waals surface area contributed by atoms with Gasteiger partial charge in [0.1, 0.15) is 0 Å². The average molecular weight is 504 g/mol. The molecule has 1 unspecified atom stereocenters. The molecule has 1 aromatic carbocycles. The quantitative estimate of drug-likeness (QED) is 0.201. The second kappa shape index (κ2) is 15.5. The summed E-state index contributed by atoms with van der Waals surface area (Å²) in [5, 5.41) is 5.05. The number of piperidine rings is 1. The molecule has 0 saturated carbocycles.